The molecule has 20 heavy (non-hydrogen) atoms. The Bertz CT molecular complexity index is 497. The Morgan fingerprint density at radius 1 is 1.45 bits per heavy atom. The molecule has 3 atom stereocenters. The van der Waals surface area contributed by atoms with Crippen LogP contribution in [0.1, 0.15) is 30.3 Å². The van der Waals surface area contributed by atoms with E-state index >= 15 is 0 Å². The fourth-order valence-corrected chi connectivity index (χ4v) is 3.70. The second-order valence-electron chi connectivity index (χ2n) is 5.94. The summed E-state index contributed by atoms with van der Waals surface area (Å²) in [6, 6.07) is 3.42. The summed E-state index contributed by atoms with van der Waals surface area (Å²) in [7, 11) is 0. The van der Waals surface area contributed by atoms with E-state index in [1.807, 2.05) is 0 Å². The van der Waals surface area contributed by atoms with E-state index < -0.39 is 0 Å². The predicted octanol–water partition coefficient (Wildman–Crippen LogP) is 2.27. The van der Waals surface area contributed by atoms with E-state index in [4.69, 9.17) is 11.6 Å². The first-order valence-corrected chi connectivity index (χ1v) is 7.09. The maximum absolute atomic E-state index is 12.3. The van der Waals surface area contributed by atoms with Crippen LogP contribution in [0.2, 0.25) is 5.02 Å². The van der Waals surface area contributed by atoms with Crippen LogP contribution in [0, 0.1) is 11.8 Å². The SMILES string of the molecule is CC1(NC(=O)c2ncccc2Cl)C[C@H]2CNC[C@H]2C1.Cl. The number of fused-ring (bicyclic) bond motifs is 1. The summed E-state index contributed by atoms with van der Waals surface area (Å²) < 4.78 is 0. The van der Waals surface area contributed by atoms with Crippen LogP contribution in [0.3, 0.4) is 0 Å². The fourth-order valence-electron chi connectivity index (χ4n) is 3.49. The molecule has 110 valence electrons. The predicted molar refractivity (Wildman–Crippen MR) is 81.4 cm³/mol. The average Bonchev–Trinajstić information content (AvgIpc) is 2.87. The van der Waals surface area contributed by atoms with Gasteiger partial charge in [-0.1, -0.05) is 11.6 Å². The second-order valence-corrected chi connectivity index (χ2v) is 6.34. The smallest absolute Gasteiger partial charge is 0.271 e. The minimum atomic E-state index is -0.166. The van der Waals surface area contributed by atoms with Crippen LogP contribution >= 0.6 is 24.0 Å². The molecule has 2 N–H and O–H groups in total. The highest BCUT2D eigenvalue weighted by atomic mass is 35.5. The van der Waals surface area contributed by atoms with E-state index in [2.05, 4.69) is 22.5 Å². The molecule has 0 aromatic carbocycles. The van der Waals surface area contributed by atoms with Gasteiger partial charge in [0.15, 0.2) is 0 Å². The largest absolute Gasteiger partial charge is 0.345 e. The molecule has 1 saturated carbocycles. The zero-order chi connectivity index (χ0) is 13.5. The van der Waals surface area contributed by atoms with E-state index in [1.165, 1.54) is 0 Å². The number of hydrogen-bond acceptors (Lipinski definition) is 3. The van der Waals surface area contributed by atoms with Crippen molar-refractivity contribution in [3.8, 4) is 0 Å². The lowest BCUT2D eigenvalue weighted by Gasteiger charge is -2.26. The monoisotopic (exact) mass is 315 g/mol. The van der Waals surface area contributed by atoms with Gasteiger partial charge in [0.25, 0.3) is 5.91 Å². The summed E-state index contributed by atoms with van der Waals surface area (Å²) in [5.74, 6) is 1.20. The number of nitrogens with one attached hydrogen (secondary N) is 2. The van der Waals surface area contributed by atoms with Gasteiger partial charge >= 0.3 is 0 Å². The molecule has 2 heterocycles. The first-order chi connectivity index (χ1) is 9.07. The van der Waals surface area contributed by atoms with Gasteiger partial charge in [-0.05, 0) is 56.8 Å². The van der Waals surface area contributed by atoms with Gasteiger partial charge in [0, 0.05) is 11.7 Å². The summed E-state index contributed by atoms with van der Waals surface area (Å²) in [5.41, 5.74) is 0.190. The Balaban J connectivity index is 0.00000147. The molecule has 1 unspecified atom stereocenters. The van der Waals surface area contributed by atoms with Gasteiger partial charge in [0.05, 0.1) is 5.02 Å². The fraction of sp³-hybridized carbons (Fsp3) is 0.571. The van der Waals surface area contributed by atoms with Crippen molar-refractivity contribution in [1.29, 1.82) is 0 Å². The lowest BCUT2D eigenvalue weighted by Crippen LogP contribution is -2.45. The van der Waals surface area contributed by atoms with Crippen LogP contribution in [-0.2, 0) is 0 Å². The van der Waals surface area contributed by atoms with Crippen molar-refractivity contribution in [2.24, 2.45) is 11.8 Å². The van der Waals surface area contributed by atoms with Crippen LogP contribution < -0.4 is 10.6 Å². The molecule has 0 bridgehead atoms. The molecule has 1 saturated heterocycles. The Morgan fingerprint density at radius 3 is 2.70 bits per heavy atom. The van der Waals surface area contributed by atoms with Gasteiger partial charge in [-0.15, -0.1) is 12.4 Å². The zero-order valence-electron chi connectivity index (χ0n) is 11.4. The number of carbonyl (C=O) groups is 1. The molecule has 3 rings (SSSR count). The topological polar surface area (TPSA) is 54.0 Å². The quantitative estimate of drug-likeness (QED) is 0.880. The van der Waals surface area contributed by atoms with E-state index in [-0.39, 0.29) is 23.9 Å². The molecule has 1 aromatic heterocycles. The Morgan fingerprint density at radius 2 is 2.10 bits per heavy atom. The molecule has 2 fully saturated rings. The van der Waals surface area contributed by atoms with E-state index in [9.17, 15) is 4.79 Å². The summed E-state index contributed by atoms with van der Waals surface area (Å²) in [5, 5.41) is 6.94. The van der Waals surface area contributed by atoms with Crippen LogP contribution in [-0.4, -0.2) is 29.5 Å². The molecule has 0 radical (unpaired) electrons. The third-order valence-corrected chi connectivity index (χ3v) is 4.60. The number of nitrogens with zero attached hydrogens (tertiary/aromatic N) is 1. The molecular weight excluding hydrogens is 297 g/mol. The normalized spacial score (nSPS) is 31.5. The molecule has 4 nitrogen and oxygen atoms in total. The second kappa shape index (κ2) is 5.88. The van der Waals surface area contributed by atoms with Gasteiger partial charge < -0.3 is 10.6 Å². The minimum Gasteiger partial charge on any atom is -0.345 e. The summed E-state index contributed by atoms with van der Waals surface area (Å²) in [6.45, 7) is 4.26. The average molecular weight is 316 g/mol. The highest BCUT2D eigenvalue weighted by Gasteiger charge is 2.45. The van der Waals surface area contributed by atoms with Crippen LogP contribution in [0.5, 0.6) is 0 Å². The molecule has 1 aliphatic heterocycles. The van der Waals surface area contributed by atoms with Gasteiger partial charge in [-0.3, -0.25) is 4.79 Å². The lowest BCUT2D eigenvalue weighted by molar-refractivity contribution is 0.0899. The number of aromatic nitrogens is 1. The van der Waals surface area contributed by atoms with Crippen molar-refractivity contribution in [3.05, 3.63) is 29.0 Å². The van der Waals surface area contributed by atoms with Crippen molar-refractivity contribution in [1.82, 2.24) is 15.6 Å². The van der Waals surface area contributed by atoms with Crippen molar-refractivity contribution in [2.45, 2.75) is 25.3 Å². The Hall–Kier alpha value is -0.840. The van der Waals surface area contributed by atoms with Crippen LogP contribution in [0.25, 0.3) is 0 Å². The Kier molecular flexibility index (Phi) is 4.57. The third kappa shape index (κ3) is 2.92. The first kappa shape index (κ1) is 15.5. The van der Waals surface area contributed by atoms with Gasteiger partial charge in [0.1, 0.15) is 5.69 Å². The standard InChI is InChI=1S/C14H18ClN3O.ClH/c1-14(5-9-7-16-8-10(9)6-14)18-13(19)12-11(15)3-2-4-17-12;/h2-4,9-10,16H,5-8H2,1H3,(H,18,19);1H/t9-,10+,14?;. The molecule has 1 aromatic rings. The number of hydrogen-bond donors (Lipinski definition) is 2. The minimum absolute atomic E-state index is 0. The number of pyridine rings is 1. The highest BCUT2D eigenvalue weighted by molar-refractivity contribution is 6.33. The van der Waals surface area contributed by atoms with Gasteiger partial charge in [-0.25, -0.2) is 4.98 Å². The first-order valence-electron chi connectivity index (χ1n) is 6.71. The van der Waals surface area contributed by atoms with Crippen LogP contribution in [0.15, 0.2) is 18.3 Å². The maximum atomic E-state index is 12.3. The van der Waals surface area contributed by atoms with E-state index in [0.29, 0.717) is 22.6 Å². The summed E-state index contributed by atoms with van der Waals surface area (Å²) >= 11 is 6.01. The highest BCUT2D eigenvalue weighted by Crippen LogP contribution is 2.41. The summed E-state index contributed by atoms with van der Waals surface area (Å²) in [4.78, 5) is 16.3. The number of halogens is 2. The van der Waals surface area contributed by atoms with E-state index in [1.54, 1.807) is 18.3 Å². The van der Waals surface area contributed by atoms with E-state index in [0.717, 1.165) is 25.9 Å². The van der Waals surface area contributed by atoms with Crippen LogP contribution in [0.4, 0.5) is 0 Å². The maximum Gasteiger partial charge on any atom is 0.271 e. The number of carbonyl (C=O) groups excluding carboxylic acids is 1. The molecule has 0 spiro atoms. The Labute approximate surface area is 130 Å². The molecular formula is C14H19Cl2N3O. The molecule has 1 aliphatic carbocycles. The van der Waals surface area contributed by atoms with Crippen molar-refractivity contribution < 1.29 is 4.79 Å². The summed E-state index contributed by atoms with van der Waals surface area (Å²) in [6.07, 6.45) is 3.65. The molecule has 6 heteroatoms. The third-order valence-electron chi connectivity index (χ3n) is 4.29. The van der Waals surface area contributed by atoms with Crippen molar-refractivity contribution in [3.63, 3.8) is 0 Å². The molecule has 2 aliphatic rings. The molecule has 1 amide bonds. The lowest BCUT2D eigenvalue weighted by atomic mass is 9.98. The van der Waals surface area contributed by atoms with Gasteiger partial charge in [0.2, 0.25) is 0 Å². The number of amides is 1. The van der Waals surface area contributed by atoms with Crippen molar-refractivity contribution in [2.75, 3.05) is 13.1 Å². The van der Waals surface area contributed by atoms with Crippen molar-refractivity contribution >= 4 is 29.9 Å². The number of rotatable bonds is 2. The zero-order valence-corrected chi connectivity index (χ0v) is 12.9. The van der Waals surface area contributed by atoms with Gasteiger partial charge in [-0.2, -0.15) is 0 Å².